The van der Waals surface area contributed by atoms with Crippen molar-refractivity contribution in [2.45, 2.75) is 131 Å². The van der Waals surface area contributed by atoms with Gasteiger partial charge in [-0.3, -0.25) is 9.55 Å². The van der Waals surface area contributed by atoms with Crippen molar-refractivity contribution in [2.75, 3.05) is 0 Å². The lowest BCUT2D eigenvalue weighted by atomic mass is 9.79. The van der Waals surface area contributed by atoms with Crippen molar-refractivity contribution in [3.63, 3.8) is 0 Å². The number of rotatable bonds is 10. The molecule has 0 amide bonds. The Morgan fingerprint density at radius 2 is 1.12 bits per heavy atom. The van der Waals surface area contributed by atoms with Gasteiger partial charge in [0, 0.05) is 28.1 Å². The molecule has 0 spiro atoms. The number of aromatic hydroxyl groups is 1. The number of imidazole rings is 1. The average molecular weight is 963 g/mol. The van der Waals surface area contributed by atoms with Gasteiger partial charge in [-0.1, -0.05) is 176 Å². The number of phenols is 1. The van der Waals surface area contributed by atoms with Crippen LogP contribution in [0, 0.1) is 0 Å². The fraction of sp³-hybridized carbons (Fsp3) is 0.299. The van der Waals surface area contributed by atoms with Crippen molar-refractivity contribution >= 4 is 33.0 Å². The van der Waals surface area contributed by atoms with Crippen LogP contribution < -0.4 is 0 Å². The molecule has 4 aromatic heterocycles. The van der Waals surface area contributed by atoms with Crippen LogP contribution >= 0.6 is 0 Å². The molecule has 0 aliphatic heterocycles. The van der Waals surface area contributed by atoms with E-state index in [1.807, 2.05) is 36.5 Å². The second-order valence-corrected chi connectivity index (χ2v) is 23.4. The van der Waals surface area contributed by atoms with E-state index in [1.54, 1.807) is 0 Å². The molecule has 0 fully saturated rings. The molecule has 1 N–H and O–H groups in total. The SMILES string of the molecule is CC(C)c1cc(-c2ccc3c(c2)oc2ccccc23)cc(C(C)C)c1-c1cc(-c2ccccn2)nc(-c2cccc3c2nc(-c2cc(C(C)(C)C)cc(C(C)(C)C)c2O)n3-c2c(C(C)C)cccc2C(C)C)c1. The van der Waals surface area contributed by atoms with Gasteiger partial charge < -0.3 is 9.52 Å². The summed E-state index contributed by atoms with van der Waals surface area (Å²) in [7, 11) is 0. The van der Waals surface area contributed by atoms with E-state index in [2.05, 4.69) is 205 Å². The van der Waals surface area contributed by atoms with Crippen LogP contribution in [0.4, 0.5) is 0 Å². The summed E-state index contributed by atoms with van der Waals surface area (Å²) in [5.74, 6) is 1.78. The van der Waals surface area contributed by atoms with Gasteiger partial charge >= 0.3 is 0 Å². The normalized spacial score (nSPS) is 12.5. The van der Waals surface area contributed by atoms with Gasteiger partial charge in [0.05, 0.1) is 39.4 Å². The zero-order chi connectivity index (χ0) is 51.8. The number of nitrogens with zero attached hydrogens (tertiary/aromatic N) is 4. The lowest BCUT2D eigenvalue weighted by molar-refractivity contribution is 0.446. The molecule has 0 saturated heterocycles. The van der Waals surface area contributed by atoms with Gasteiger partial charge in [-0.05, 0) is 139 Å². The van der Waals surface area contributed by atoms with E-state index in [0.29, 0.717) is 11.4 Å². The number of hydrogen-bond acceptors (Lipinski definition) is 5. The summed E-state index contributed by atoms with van der Waals surface area (Å²) in [6, 6.07) is 47.7. The number of benzene rings is 6. The predicted molar refractivity (Wildman–Crippen MR) is 307 cm³/mol. The lowest BCUT2D eigenvalue weighted by Gasteiger charge is -2.28. The summed E-state index contributed by atoms with van der Waals surface area (Å²) in [6.45, 7) is 31.5. The molecule has 4 heterocycles. The number of fused-ring (bicyclic) bond motifs is 4. The summed E-state index contributed by atoms with van der Waals surface area (Å²) in [6.07, 6.45) is 1.84. The molecule has 0 unspecified atom stereocenters. The van der Waals surface area contributed by atoms with Crippen LogP contribution in [-0.4, -0.2) is 24.6 Å². The molecule has 10 aromatic rings. The summed E-state index contributed by atoms with van der Waals surface area (Å²) in [4.78, 5) is 16.2. The van der Waals surface area contributed by atoms with Crippen molar-refractivity contribution < 1.29 is 9.52 Å². The average Bonchev–Trinajstić information content (AvgIpc) is 3.93. The lowest BCUT2D eigenvalue weighted by Crippen LogP contribution is -2.17. The molecule has 370 valence electrons. The van der Waals surface area contributed by atoms with Gasteiger partial charge in [0.15, 0.2) is 0 Å². The number of hydrogen-bond donors (Lipinski definition) is 1. The molecule has 73 heavy (non-hydrogen) atoms. The Hall–Kier alpha value is -7.31. The topological polar surface area (TPSA) is 77.0 Å². The highest BCUT2D eigenvalue weighted by atomic mass is 16.3. The Kier molecular flexibility index (Phi) is 12.6. The summed E-state index contributed by atoms with van der Waals surface area (Å²) in [5.41, 5.74) is 19.7. The highest BCUT2D eigenvalue weighted by molar-refractivity contribution is 6.06. The van der Waals surface area contributed by atoms with E-state index in [1.165, 1.54) is 27.8 Å². The minimum atomic E-state index is -0.336. The Bertz CT molecular complexity index is 3670. The number of aromatic nitrogens is 4. The smallest absolute Gasteiger partial charge is 0.149 e. The molecule has 6 nitrogen and oxygen atoms in total. The summed E-state index contributed by atoms with van der Waals surface area (Å²) < 4.78 is 8.75. The second-order valence-electron chi connectivity index (χ2n) is 23.4. The third kappa shape index (κ3) is 8.93. The van der Waals surface area contributed by atoms with Gasteiger partial charge in [-0.15, -0.1) is 0 Å². The Morgan fingerprint density at radius 3 is 1.75 bits per heavy atom. The van der Waals surface area contributed by atoms with Crippen molar-refractivity contribution in [3.05, 3.63) is 173 Å². The van der Waals surface area contributed by atoms with E-state index in [4.69, 9.17) is 19.4 Å². The first-order valence-electron chi connectivity index (χ1n) is 26.3. The van der Waals surface area contributed by atoms with Crippen LogP contribution in [0.3, 0.4) is 0 Å². The second kappa shape index (κ2) is 18.6. The van der Waals surface area contributed by atoms with Gasteiger partial charge in [0.25, 0.3) is 0 Å². The standard InChI is InChI=1S/C67H70N4O2/c1-38(2)46-22-19-23-47(39(3)4)63(46)71-58-26-20-24-50(62(58)70-65(71)53-36-45(66(9,10)11)37-54(64(53)72)67(12,13)14)56-33-44(34-57(69-56)55-25-17-18-30-68-55)61-51(40(5)6)31-43(32-52(61)41(7)8)42-28-29-49-48-21-15-16-27-59(48)73-60(49)35-42/h15-41,72H,1-14H3. The molecule has 0 atom stereocenters. The predicted octanol–water partition coefficient (Wildman–Crippen LogP) is 18.8. The molecule has 0 saturated carbocycles. The van der Waals surface area contributed by atoms with Crippen molar-refractivity contribution in [2.24, 2.45) is 0 Å². The molecule has 6 heteroatoms. The molecular formula is C67H70N4O2. The molecular weight excluding hydrogens is 893 g/mol. The summed E-state index contributed by atoms with van der Waals surface area (Å²) in [5, 5.41) is 14.9. The van der Waals surface area contributed by atoms with Crippen LogP contribution in [0.2, 0.25) is 0 Å². The van der Waals surface area contributed by atoms with Crippen LogP contribution in [0.1, 0.15) is 154 Å². The molecule has 0 aliphatic rings. The van der Waals surface area contributed by atoms with Crippen LogP contribution in [0.5, 0.6) is 5.75 Å². The summed E-state index contributed by atoms with van der Waals surface area (Å²) >= 11 is 0. The molecule has 6 aromatic carbocycles. The highest BCUT2D eigenvalue weighted by Crippen LogP contribution is 2.48. The highest BCUT2D eigenvalue weighted by Gasteiger charge is 2.31. The maximum atomic E-state index is 12.7. The Balaban J connectivity index is 1.27. The van der Waals surface area contributed by atoms with Crippen molar-refractivity contribution in [1.82, 2.24) is 19.5 Å². The molecule has 0 bridgehead atoms. The van der Waals surface area contributed by atoms with E-state index in [0.717, 1.165) is 89.1 Å². The maximum Gasteiger partial charge on any atom is 0.149 e. The van der Waals surface area contributed by atoms with E-state index in [-0.39, 0.29) is 40.3 Å². The third-order valence-electron chi connectivity index (χ3n) is 14.7. The molecule has 10 rings (SSSR count). The minimum absolute atomic E-state index is 0.195. The van der Waals surface area contributed by atoms with Crippen LogP contribution in [0.25, 0.3) is 94.9 Å². The fourth-order valence-electron chi connectivity index (χ4n) is 10.8. The Morgan fingerprint density at radius 1 is 0.493 bits per heavy atom. The van der Waals surface area contributed by atoms with Gasteiger partial charge in [-0.25, -0.2) is 9.97 Å². The minimum Gasteiger partial charge on any atom is -0.507 e. The van der Waals surface area contributed by atoms with E-state index >= 15 is 0 Å². The molecule has 0 aliphatic carbocycles. The maximum absolute atomic E-state index is 12.7. The van der Waals surface area contributed by atoms with Crippen molar-refractivity contribution in [3.8, 4) is 67.7 Å². The largest absolute Gasteiger partial charge is 0.507 e. The van der Waals surface area contributed by atoms with Gasteiger partial charge in [-0.2, -0.15) is 0 Å². The number of phenolic OH excluding ortho intramolecular Hbond substituents is 1. The first-order valence-corrected chi connectivity index (χ1v) is 26.3. The number of furan rings is 1. The van der Waals surface area contributed by atoms with Gasteiger partial charge in [0.2, 0.25) is 0 Å². The monoisotopic (exact) mass is 963 g/mol. The quantitative estimate of drug-likeness (QED) is 0.148. The van der Waals surface area contributed by atoms with Crippen molar-refractivity contribution in [1.29, 1.82) is 0 Å². The van der Waals surface area contributed by atoms with Crippen LogP contribution in [-0.2, 0) is 10.8 Å². The first-order chi connectivity index (χ1) is 34.7. The number of para-hydroxylation sites is 3. The first kappa shape index (κ1) is 49.3. The molecule has 0 radical (unpaired) electrons. The zero-order valence-electron chi connectivity index (χ0n) is 45.2. The van der Waals surface area contributed by atoms with Crippen LogP contribution in [0.15, 0.2) is 144 Å². The fourth-order valence-corrected chi connectivity index (χ4v) is 10.8. The zero-order valence-corrected chi connectivity index (χ0v) is 45.2. The Labute approximate surface area is 432 Å². The third-order valence-corrected chi connectivity index (χ3v) is 14.7. The number of pyridine rings is 2. The van der Waals surface area contributed by atoms with E-state index in [9.17, 15) is 5.11 Å². The van der Waals surface area contributed by atoms with Gasteiger partial charge in [0.1, 0.15) is 22.7 Å². The van der Waals surface area contributed by atoms with E-state index < -0.39 is 0 Å².